The smallest absolute Gasteiger partial charge is 0.227 e. The van der Waals surface area contributed by atoms with Crippen molar-refractivity contribution in [2.45, 2.75) is 39.3 Å². The number of benzene rings is 1. The van der Waals surface area contributed by atoms with Crippen LogP contribution in [0.4, 0.5) is 5.69 Å². The van der Waals surface area contributed by atoms with Crippen molar-refractivity contribution in [2.24, 2.45) is 7.05 Å². The van der Waals surface area contributed by atoms with E-state index < -0.39 is 0 Å². The number of hydrogen-bond donors (Lipinski definition) is 1. The van der Waals surface area contributed by atoms with Crippen LogP contribution in [0.25, 0.3) is 0 Å². The third-order valence-electron chi connectivity index (χ3n) is 4.85. The van der Waals surface area contributed by atoms with Gasteiger partial charge in [-0.25, -0.2) is 4.68 Å². The zero-order valence-electron chi connectivity index (χ0n) is 15.4. The van der Waals surface area contributed by atoms with Gasteiger partial charge in [-0.1, -0.05) is 12.1 Å². The van der Waals surface area contributed by atoms with Crippen molar-refractivity contribution in [3.8, 4) is 5.88 Å². The summed E-state index contributed by atoms with van der Waals surface area (Å²) in [5.74, 6) is 1.01. The zero-order chi connectivity index (χ0) is 18.0. The van der Waals surface area contributed by atoms with E-state index in [4.69, 9.17) is 4.74 Å². The topological polar surface area (TPSA) is 59.4 Å². The minimum Gasteiger partial charge on any atom is -0.481 e. The summed E-state index contributed by atoms with van der Waals surface area (Å²) in [6, 6.07) is 8.43. The summed E-state index contributed by atoms with van der Waals surface area (Å²) in [6.07, 6.45) is 1.61. The first kappa shape index (κ1) is 17.5. The molecular formula is C19H26N4O2. The molecular weight excluding hydrogens is 316 g/mol. The molecule has 1 N–H and O–H groups in total. The van der Waals surface area contributed by atoms with Gasteiger partial charge < -0.3 is 15.0 Å². The second kappa shape index (κ2) is 7.27. The second-order valence-corrected chi connectivity index (χ2v) is 6.54. The van der Waals surface area contributed by atoms with E-state index in [-0.39, 0.29) is 11.9 Å². The molecule has 1 aliphatic heterocycles. The number of carbonyl (C=O) groups is 1. The molecule has 0 bridgehead atoms. The number of nitrogens with one attached hydrogen (secondary N) is 1. The molecule has 1 aliphatic rings. The minimum absolute atomic E-state index is 0.188. The number of rotatable bonds is 6. The standard InChI is InChI=1S/C19H26N4O2/c1-13(20-12-17-14(2)21-22(3)19(17)25-4)15-7-9-16(10-8-15)23-11-5-6-18(23)24/h7-10,13,20H,5-6,11-12H2,1-4H3. The van der Waals surface area contributed by atoms with Crippen molar-refractivity contribution in [1.29, 1.82) is 0 Å². The monoisotopic (exact) mass is 342 g/mol. The molecule has 1 aromatic heterocycles. The molecule has 2 aromatic rings. The predicted octanol–water partition coefficient (Wildman–Crippen LogP) is 2.71. The van der Waals surface area contributed by atoms with E-state index in [1.165, 1.54) is 5.56 Å². The summed E-state index contributed by atoms with van der Waals surface area (Å²) in [6.45, 7) is 5.64. The average molecular weight is 342 g/mol. The highest BCUT2D eigenvalue weighted by molar-refractivity contribution is 5.95. The van der Waals surface area contributed by atoms with Crippen LogP contribution in [0.5, 0.6) is 5.88 Å². The molecule has 1 unspecified atom stereocenters. The summed E-state index contributed by atoms with van der Waals surface area (Å²) in [5, 5.41) is 7.94. The molecule has 0 saturated carbocycles. The number of amides is 1. The fraction of sp³-hybridized carbons (Fsp3) is 0.474. The van der Waals surface area contributed by atoms with Gasteiger partial charge in [-0.3, -0.25) is 4.79 Å². The van der Waals surface area contributed by atoms with E-state index in [1.54, 1.807) is 11.8 Å². The van der Waals surface area contributed by atoms with Gasteiger partial charge >= 0.3 is 0 Å². The first-order valence-electron chi connectivity index (χ1n) is 8.71. The quantitative estimate of drug-likeness (QED) is 0.877. The number of nitrogens with zero attached hydrogens (tertiary/aromatic N) is 3. The van der Waals surface area contributed by atoms with E-state index >= 15 is 0 Å². The Kier molecular flexibility index (Phi) is 5.08. The Morgan fingerprint density at radius 2 is 2.04 bits per heavy atom. The third kappa shape index (κ3) is 3.54. The van der Waals surface area contributed by atoms with Gasteiger partial charge in [0.1, 0.15) is 0 Å². The molecule has 0 aliphatic carbocycles. The molecule has 134 valence electrons. The van der Waals surface area contributed by atoms with Crippen LogP contribution in [-0.2, 0) is 18.4 Å². The lowest BCUT2D eigenvalue weighted by molar-refractivity contribution is -0.117. The SMILES string of the molecule is COc1c(CNC(C)c2ccc(N3CCCC3=O)cc2)c(C)nn1C. The zero-order valence-corrected chi connectivity index (χ0v) is 15.4. The van der Waals surface area contributed by atoms with Crippen LogP contribution in [0.2, 0.25) is 0 Å². The largest absolute Gasteiger partial charge is 0.481 e. The maximum absolute atomic E-state index is 11.8. The molecule has 6 nitrogen and oxygen atoms in total. The van der Waals surface area contributed by atoms with E-state index in [9.17, 15) is 4.79 Å². The lowest BCUT2D eigenvalue weighted by Crippen LogP contribution is -2.23. The summed E-state index contributed by atoms with van der Waals surface area (Å²) in [7, 11) is 3.55. The Bertz CT molecular complexity index is 752. The molecule has 0 spiro atoms. The molecule has 25 heavy (non-hydrogen) atoms. The van der Waals surface area contributed by atoms with Gasteiger partial charge in [0, 0.05) is 38.3 Å². The van der Waals surface area contributed by atoms with Crippen molar-refractivity contribution in [1.82, 2.24) is 15.1 Å². The highest BCUT2D eigenvalue weighted by Crippen LogP contribution is 2.25. The van der Waals surface area contributed by atoms with Gasteiger partial charge in [0.05, 0.1) is 18.4 Å². The molecule has 1 fully saturated rings. The maximum Gasteiger partial charge on any atom is 0.227 e. The Balaban J connectivity index is 1.65. The predicted molar refractivity (Wildman–Crippen MR) is 97.8 cm³/mol. The Morgan fingerprint density at radius 1 is 1.32 bits per heavy atom. The van der Waals surface area contributed by atoms with Crippen molar-refractivity contribution in [3.05, 3.63) is 41.1 Å². The third-order valence-corrected chi connectivity index (χ3v) is 4.85. The highest BCUT2D eigenvalue weighted by Gasteiger charge is 2.21. The number of hydrogen-bond acceptors (Lipinski definition) is 4. The molecule has 1 saturated heterocycles. The van der Waals surface area contributed by atoms with Crippen molar-refractivity contribution >= 4 is 11.6 Å². The van der Waals surface area contributed by atoms with Gasteiger partial charge in [-0.05, 0) is 38.0 Å². The Morgan fingerprint density at radius 3 is 2.64 bits per heavy atom. The summed E-state index contributed by atoms with van der Waals surface area (Å²) in [4.78, 5) is 13.7. The second-order valence-electron chi connectivity index (χ2n) is 6.54. The van der Waals surface area contributed by atoms with Crippen molar-refractivity contribution in [3.63, 3.8) is 0 Å². The van der Waals surface area contributed by atoms with Gasteiger partial charge in [0.15, 0.2) is 0 Å². The molecule has 3 rings (SSSR count). The number of aryl methyl sites for hydroxylation is 2. The highest BCUT2D eigenvalue weighted by atomic mass is 16.5. The molecule has 1 aromatic carbocycles. The molecule has 6 heteroatoms. The molecule has 2 heterocycles. The fourth-order valence-electron chi connectivity index (χ4n) is 3.38. The van der Waals surface area contributed by atoms with Crippen LogP contribution in [0, 0.1) is 6.92 Å². The molecule has 1 atom stereocenters. The number of ether oxygens (including phenoxy) is 1. The van der Waals surface area contributed by atoms with Crippen LogP contribution >= 0.6 is 0 Å². The van der Waals surface area contributed by atoms with Crippen LogP contribution in [0.15, 0.2) is 24.3 Å². The van der Waals surface area contributed by atoms with E-state index in [0.717, 1.165) is 35.8 Å². The first-order chi connectivity index (χ1) is 12.0. The first-order valence-corrected chi connectivity index (χ1v) is 8.71. The van der Waals surface area contributed by atoms with Gasteiger partial charge in [0.2, 0.25) is 11.8 Å². The Labute approximate surface area is 148 Å². The number of anilines is 1. The minimum atomic E-state index is 0.188. The van der Waals surface area contributed by atoms with Crippen molar-refractivity contribution < 1.29 is 9.53 Å². The van der Waals surface area contributed by atoms with E-state index in [2.05, 4.69) is 29.5 Å². The van der Waals surface area contributed by atoms with E-state index in [1.807, 2.05) is 31.0 Å². The molecule has 1 amide bonds. The normalized spacial score (nSPS) is 15.7. The summed E-state index contributed by atoms with van der Waals surface area (Å²) >= 11 is 0. The number of methoxy groups -OCH3 is 1. The number of aromatic nitrogens is 2. The van der Waals surface area contributed by atoms with Crippen molar-refractivity contribution in [2.75, 3.05) is 18.6 Å². The fourth-order valence-corrected chi connectivity index (χ4v) is 3.38. The maximum atomic E-state index is 11.8. The molecule has 0 radical (unpaired) electrons. The lowest BCUT2D eigenvalue weighted by atomic mass is 10.1. The van der Waals surface area contributed by atoms with Gasteiger partial charge in [-0.15, -0.1) is 0 Å². The van der Waals surface area contributed by atoms with Crippen LogP contribution in [-0.4, -0.2) is 29.3 Å². The Hall–Kier alpha value is -2.34. The van der Waals surface area contributed by atoms with E-state index in [0.29, 0.717) is 13.0 Å². The van der Waals surface area contributed by atoms with Crippen LogP contribution < -0.4 is 15.0 Å². The summed E-state index contributed by atoms with van der Waals surface area (Å²) in [5.41, 5.74) is 4.23. The van der Waals surface area contributed by atoms with Crippen LogP contribution in [0.1, 0.15) is 42.6 Å². The summed E-state index contributed by atoms with van der Waals surface area (Å²) < 4.78 is 7.20. The lowest BCUT2D eigenvalue weighted by Gasteiger charge is -2.18. The average Bonchev–Trinajstić information content (AvgIpc) is 3.15. The van der Waals surface area contributed by atoms with Gasteiger partial charge in [-0.2, -0.15) is 5.10 Å². The van der Waals surface area contributed by atoms with Crippen LogP contribution in [0.3, 0.4) is 0 Å². The van der Waals surface area contributed by atoms with Gasteiger partial charge in [0.25, 0.3) is 0 Å². The number of carbonyl (C=O) groups excluding carboxylic acids is 1.